The first-order chi connectivity index (χ1) is 7.18. The van der Waals surface area contributed by atoms with Crippen LogP contribution in [0.1, 0.15) is 47.0 Å². The minimum Gasteiger partial charge on any atom is -0.481 e. The van der Waals surface area contributed by atoms with Gasteiger partial charge in [0, 0.05) is 11.5 Å². The van der Waals surface area contributed by atoms with Crippen molar-refractivity contribution in [1.29, 1.82) is 0 Å². The van der Waals surface area contributed by atoms with E-state index in [-0.39, 0.29) is 11.8 Å². The first kappa shape index (κ1) is 13.0. The zero-order valence-electron chi connectivity index (χ0n) is 10.5. The summed E-state index contributed by atoms with van der Waals surface area (Å²) in [6, 6.07) is 0. The molecule has 0 saturated heterocycles. The Kier molecular flexibility index (Phi) is 3.31. The fourth-order valence-corrected chi connectivity index (χ4v) is 1.50. The van der Waals surface area contributed by atoms with E-state index in [0.29, 0.717) is 0 Å². The lowest BCUT2D eigenvalue weighted by Gasteiger charge is -2.40. The van der Waals surface area contributed by atoms with E-state index in [4.69, 9.17) is 5.11 Å². The molecule has 0 heterocycles. The van der Waals surface area contributed by atoms with Gasteiger partial charge in [-0.15, -0.1) is 0 Å². The second-order valence-electron chi connectivity index (χ2n) is 5.67. The molecule has 4 nitrogen and oxygen atoms in total. The maximum atomic E-state index is 11.8. The van der Waals surface area contributed by atoms with Crippen LogP contribution in [0.4, 0.5) is 0 Å². The average molecular weight is 227 g/mol. The van der Waals surface area contributed by atoms with Gasteiger partial charge in [0.25, 0.3) is 0 Å². The van der Waals surface area contributed by atoms with Crippen molar-refractivity contribution in [2.24, 2.45) is 11.3 Å². The van der Waals surface area contributed by atoms with Crippen molar-refractivity contribution >= 4 is 11.9 Å². The second-order valence-corrected chi connectivity index (χ2v) is 5.67. The van der Waals surface area contributed by atoms with Crippen molar-refractivity contribution in [3.05, 3.63) is 0 Å². The van der Waals surface area contributed by atoms with Crippen molar-refractivity contribution in [1.82, 2.24) is 5.32 Å². The normalized spacial score (nSPS) is 17.8. The third-order valence-corrected chi connectivity index (χ3v) is 4.01. The fraction of sp³-hybridized carbons (Fsp3) is 0.833. The molecule has 0 atom stereocenters. The molecule has 4 heteroatoms. The van der Waals surface area contributed by atoms with Crippen LogP contribution in [0.3, 0.4) is 0 Å². The molecule has 0 bridgehead atoms. The maximum absolute atomic E-state index is 11.8. The molecule has 0 aliphatic heterocycles. The van der Waals surface area contributed by atoms with Gasteiger partial charge in [-0.1, -0.05) is 6.42 Å². The molecule has 1 rings (SSSR count). The van der Waals surface area contributed by atoms with Crippen LogP contribution in [-0.2, 0) is 9.59 Å². The number of nitrogens with one attached hydrogen (secondary N) is 1. The zero-order chi connectivity index (χ0) is 12.6. The molecular weight excluding hydrogens is 206 g/mol. The molecular formula is C12H21NO3. The highest BCUT2D eigenvalue weighted by atomic mass is 16.4. The molecule has 92 valence electrons. The lowest BCUT2D eigenvalue weighted by Crippen LogP contribution is -2.58. The van der Waals surface area contributed by atoms with E-state index in [1.165, 1.54) is 0 Å². The van der Waals surface area contributed by atoms with Gasteiger partial charge < -0.3 is 10.4 Å². The summed E-state index contributed by atoms with van der Waals surface area (Å²) in [6.07, 6.45) is 2.95. The summed E-state index contributed by atoms with van der Waals surface area (Å²) in [4.78, 5) is 23.0. The smallest absolute Gasteiger partial charge is 0.311 e. The molecule has 1 saturated carbocycles. The van der Waals surface area contributed by atoms with Crippen LogP contribution in [0.2, 0.25) is 0 Å². The minimum absolute atomic E-state index is 0.00873. The number of rotatable bonds is 4. The van der Waals surface area contributed by atoms with Gasteiger partial charge >= 0.3 is 5.97 Å². The summed E-state index contributed by atoms with van der Waals surface area (Å²) in [5, 5.41) is 12.0. The predicted octanol–water partition coefficient (Wildman–Crippen LogP) is 1.79. The fourth-order valence-electron chi connectivity index (χ4n) is 1.50. The summed E-state index contributed by atoms with van der Waals surface area (Å²) in [7, 11) is 0. The number of amides is 1. The van der Waals surface area contributed by atoms with E-state index in [1.54, 1.807) is 27.7 Å². The van der Waals surface area contributed by atoms with Gasteiger partial charge in [0.1, 0.15) is 0 Å². The number of carbonyl (C=O) groups is 2. The minimum atomic E-state index is -0.980. The summed E-state index contributed by atoms with van der Waals surface area (Å²) < 4.78 is 0. The van der Waals surface area contributed by atoms with E-state index >= 15 is 0 Å². The Labute approximate surface area is 96.4 Å². The number of hydrogen-bond acceptors (Lipinski definition) is 2. The quantitative estimate of drug-likeness (QED) is 0.769. The summed E-state index contributed by atoms with van der Waals surface area (Å²) in [5.41, 5.74) is -1.72. The molecule has 1 fully saturated rings. The Balaban J connectivity index is 2.69. The first-order valence-electron chi connectivity index (χ1n) is 5.74. The van der Waals surface area contributed by atoms with Crippen LogP contribution < -0.4 is 5.32 Å². The van der Waals surface area contributed by atoms with E-state index in [0.717, 1.165) is 19.3 Å². The van der Waals surface area contributed by atoms with Crippen LogP contribution in [0.15, 0.2) is 0 Å². The molecule has 2 N–H and O–H groups in total. The third-order valence-electron chi connectivity index (χ3n) is 4.01. The monoisotopic (exact) mass is 227 g/mol. The van der Waals surface area contributed by atoms with Crippen LogP contribution in [0.5, 0.6) is 0 Å². The van der Waals surface area contributed by atoms with E-state index in [2.05, 4.69) is 5.32 Å². The number of hydrogen-bond donors (Lipinski definition) is 2. The summed E-state index contributed by atoms with van der Waals surface area (Å²) >= 11 is 0. The Morgan fingerprint density at radius 2 is 1.69 bits per heavy atom. The number of carbonyl (C=O) groups excluding carboxylic acids is 1. The second kappa shape index (κ2) is 4.07. The Morgan fingerprint density at radius 1 is 1.19 bits per heavy atom. The van der Waals surface area contributed by atoms with Gasteiger partial charge in [-0.2, -0.15) is 0 Å². The van der Waals surface area contributed by atoms with E-state index in [9.17, 15) is 9.59 Å². The van der Waals surface area contributed by atoms with Crippen LogP contribution in [-0.4, -0.2) is 22.5 Å². The third kappa shape index (κ3) is 2.20. The number of carboxylic acid groups (broad SMARTS) is 1. The molecule has 16 heavy (non-hydrogen) atoms. The van der Waals surface area contributed by atoms with Crippen molar-refractivity contribution < 1.29 is 14.7 Å². The van der Waals surface area contributed by atoms with Crippen molar-refractivity contribution in [2.45, 2.75) is 52.5 Å². The SMILES string of the molecule is CC(C)(NC(=O)C1CCC1)C(C)(C)C(=O)O. The van der Waals surface area contributed by atoms with E-state index < -0.39 is 16.9 Å². The maximum Gasteiger partial charge on any atom is 0.311 e. The highest BCUT2D eigenvalue weighted by molar-refractivity contribution is 5.82. The van der Waals surface area contributed by atoms with Crippen LogP contribution in [0.25, 0.3) is 0 Å². The molecule has 0 radical (unpaired) electrons. The molecule has 1 amide bonds. The van der Waals surface area contributed by atoms with Gasteiger partial charge in [-0.05, 0) is 40.5 Å². The lowest BCUT2D eigenvalue weighted by atomic mass is 9.73. The number of aliphatic carboxylic acids is 1. The summed E-state index contributed by atoms with van der Waals surface area (Å²) in [6.45, 7) is 6.79. The lowest BCUT2D eigenvalue weighted by molar-refractivity contribution is -0.152. The Hall–Kier alpha value is -1.06. The predicted molar refractivity (Wildman–Crippen MR) is 61.0 cm³/mol. The van der Waals surface area contributed by atoms with Crippen molar-refractivity contribution in [3.8, 4) is 0 Å². The van der Waals surface area contributed by atoms with E-state index in [1.807, 2.05) is 0 Å². The highest BCUT2D eigenvalue weighted by Crippen LogP contribution is 2.33. The molecule has 0 aromatic carbocycles. The Morgan fingerprint density at radius 3 is 2.00 bits per heavy atom. The van der Waals surface area contributed by atoms with Gasteiger partial charge in [0.05, 0.1) is 5.41 Å². The van der Waals surface area contributed by atoms with Crippen molar-refractivity contribution in [3.63, 3.8) is 0 Å². The standard InChI is InChI=1S/C12H21NO3/c1-11(2,10(15)16)12(3,4)13-9(14)8-6-5-7-8/h8H,5-7H2,1-4H3,(H,13,14)(H,15,16). The van der Waals surface area contributed by atoms with Crippen molar-refractivity contribution in [2.75, 3.05) is 0 Å². The molecule has 0 spiro atoms. The summed E-state index contributed by atoms with van der Waals surface area (Å²) in [5.74, 6) is -0.819. The molecule has 1 aliphatic rings. The van der Waals surface area contributed by atoms with Crippen LogP contribution in [0, 0.1) is 11.3 Å². The average Bonchev–Trinajstić information content (AvgIpc) is 1.98. The first-order valence-corrected chi connectivity index (χ1v) is 5.74. The largest absolute Gasteiger partial charge is 0.481 e. The van der Waals surface area contributed by atoms with Gasteiger partial charge in [0.2, 0.25) is 5.91 Å². The van der Waals surface area contributed by atoms with Gasteiger partial charge in [-0.3, -0.25) is 9.59 Å². The molecule has 1 aliphatic carbocycles. The van der Waals surface area contributed by atoms with Gasteiger partial charge in [0.15, 0.2) is 0 Å². The molecule has 0 aromatic rings. The van der Waals surface area contributed by atoms with Gasteiger partial charge in [-0.25, -0.2) is 0 Å². The topological polar surface area (TPSA) is 66.4 Å². The molecule has 0 unspecified atom stereocenters. The molecule has 0 aromatic heterocycles. The zero-order valence-corrected chi connectivity index (χ0v) is 10.5. The Bertz CT molecular complexity index is 303. The van der Waals surface area contributed by atoms with Crippen LogP contribution >= 0.6 is 0 Å². The number of carboxylic acids is 1. The highest BCUT2D eigenvalue weighted by Gasteiger charge is 2.45.